The Morgan fingerprint density at radius 3 is 2.57 bits per heavy atom. The summed E-state index contributed by atoms with van der Waals surface area (Å²) in [4.78, 5) is 14.6. The molecule has 0 radical (unpaired) electrons. The van der Waals surface area contributed by atoms with Crippen molar-refractivity contribution in [2.45, 2.75) is 0 Å². The van der Waals surface area contributed by atoms with E-state index >= 15 is 0 Å². The van der Waals surface area contributed by atoms with E-state index in [9.17, 15) is 0 Å². The molecule has 1 aliphatic heterocycles. The molecule has 1 fully saturated rings. The molecule has 2 aromatic rings. The molecule has 0 atom stereocenters. The number of methoxy groups -OCH3 is 1. The van der Waals surface area contributed by atoms with Crippen LogP contribution < -0.4 is 15.0 Å². The second-order valence-electron chi connectivity index (χ2n) is 4.85. The number of nitrogens with one attached hydrogen (secondary N) is 1. The number of anilines is 3. The molecule has 8 nitrogen and oxygen atoms in total. The molecular formula is C15H16N6O2. The first-order valence-electron chi connectivity index (χ1n) is 7.18. The highest BCUT2D eigenvalue weighted by atomic mass is 16.5. The van der Waals surface area contributed by atoms with Gasteiger partial charge in [0.1, 0.15) is 11.8 Å². The number of morpholine rings is 1. The molecule has 0 unspecified atom stereocenters. The van der Waals surface area contributed by atoms with Crippen LogP contribution in [0.1, 0.15) is 5.82 Å². The summed E-state index contributed by atoms with van der Waals surface area (Å²) >= 11 is 0. The monoisotopic (exact) mass is 312 g/mol. The molecule has 1 N–H and O–H groups in total. The van der Waals surface area contributed by atoms with Crippen molar-refractivity contribution in [3.63, 3.8) is 0 Å². The molecule has 2 heterocycles. The molecule has 118 valence electrons. The van der Waals surface area contributed by atoms with Gasteiger partial charge in [0.15, 0.2) is 0 Å². The van der Waals surface area contributed by atoms with Crippen molar-refractivity contribution < 1.29 is 9.47 Å². The van der Waals surface area contributed by atoms with Crippen LogP contribution in [0.2, 0.25) is 0 Å². The standard InChI is InChI=1S/C15H16N6O2/c1-22-12-4-2-11(3-5-12)17-14-18-13(10-16)19-15(20-14)21-6-8-23-9-7-21/h2-5H,6-9H2,1H3,(H,17,18,19,20). The summed E-state index contributed by atoms with van der Waals surface area (Å²) in [5.74, 6) is 1.66. The van der Waals surface area contributed by atoms with Crippen LogP contribution in [-0.2, 0) is 4.74 Å². The molecule has 3 rings (SSSR count). The van der Waals surface area contributed by atoms with Crippen LogP contribution in [0.15, 0.2) is 24.3 Å². The average Bonchev–Trinajstić information content (AvgIpc) is 2.63. The fourth-order valence-corrected chi connectivity index (χ4v) is 2.18. The number of ether oxygens (including phenoxy) is 2. The maximum Gasteiger partial charge on any atom is 0.238 e. The SMILES string of the molecule is COc1ccc(Nc2nc(C#N)nc(N3CCOCC3)n2)cc1. The molecule has 1 aromatic carbocycles. The van der Waals surface area contributed by atoms with Gasteiger partial charge in [0.2, 0.25) is 17.7 Å². The number of hydrogen-bond donors (Lipinski definition) is 1. The molecule has 0 saturated carbocycles. The summed E-state index contributed by atoms with van der Waals surface area (Å²) in [7, 11) is 1.61. The Morgan fingerprint density at radius 1 is 1.17 bits per heavy atom. The molecule has 0 bridgehead atoms. The molecule has 1 saturated heterocycles. The highest BCUT2D eigenvalue weighted by Gasteiger charge is 2.16. The van der Waals surface area contributed by atoms with Crippen molar-refractivity contribution in [2.75, 3.05) is 43.6 Å². The van der Waals surface area contributed by atoms with E-state index in [1.807, 2.05) is 35.2 Å². The van der Waals surface area contributed by atoms with Crippen LogP contribution in [0, 0.1) is 11.3 Å². The van der Waals surface area contributed by atoms with Crippen LogP contribution in [0.25, 0.3) is 0 Å². The first-order valence-corrected chi connectivity index (χ1v) is 7.18. The zero-order valence-electron chi connectivity index (χ0n) is 12.7. The third-order valence-electron chi connectivity index (χ3n) is 3.36. The van der Waals surface area contributed by atoms with Crippen molar-refractivity contribution in [3.05, 3.63) is 30.1 Å². The minimum absolute atomic E-state index is 0.0810. The topological polar surface area (TPSA) is 96.2 Å². The molecule has 1 aromatic heterocycles. The predicted octanol–water partition coefficient (Wildman–Crippen LogP) is 1.33. The number of aromatic nitrogens is 3. The zero-order chi connectivity index (χ0) is 16.1. The Hall–Kier alpha value is -2.92. The van der Waals surface area contributed by atoms with Gasteiger partial charge in [-0.1, -0.05) is 0 Å². The lowest BCUT2D eigenvalue weighted by Crippen LogP contribution is -2.37. The maximum atomic E-state index is 9.13. The second-order valence-corrected chi connectivity index (χ2v) is 4.85. The number of rotatable bonds is 4. The van der Waals surface area contributed by atoms with Gasteiger partial charge in [0.25, 0.3) is 0 Å². The van der Waals surface area contributed by atoms with Crippen LogP contribution >= 0.6 is 0 Å². The van der Waals surface area contributed by atoms with E-state index in [1.165, 1.54) is 0 Å². The lowest BCUT2D eigenvalue weighted by Gasteiger charge is -2.26. The number of nitriles is 1. The third kappa shape index (κ3) is 3.64. The van der Waals surface area contributed by atoms with E-state index in [0.717, 1.165) is 11.4 Å². The predicted molar refractivity (Wildman–Crippen MR) is 83.9 cm³/mol. The summed E-state index contributed by atoms with van der Waals surface area (Å²) in [5.41, 5.74) is 0.800. The summed E-state index contributed by atoms with van der Waals surface area (Å²) < 4.78 is 10.4. The van der Waals surface area contributed by atoms with Gasteiger partial charge < -0.3 is 19.7 Å². The van der Waals surface area contributed by atoms with E-state index < -0.39 is 0 Å². The Balaban J connectivity index is 1.84. The molecule has 0 spiro atoms. The smallest absolute Gasteiger partial charge is 0.238 e. The van der Waals surface area contributed by atoms with Gasteiger partial charge in [-0.2, -0.15) is 20.2 Å². The van der Waals surface area contributed by atoms with E-state index in [2.05, 4.69) is 20.3 Å². The normalized spacial score (nSPS) is 14.2. The van der Waals surface area contributed by atoms with E-state index in [4.69, 9.17) is 14.7 Å². The van der Waals surface area contributed by atoms with Gasteiger partial charge in [-0.15, -0.1) is 0 Å². The Morgan fingerprint density at radius 2 is 1.91 bits per heavy atom. The molecule has 0 aliphatic carbocycles. The van der Waals surface area contributed by atoms with Crippen LogP contribution in [0.5, 0.6) is 5.75 Å². The molecular weight excluding hydrogens is 296 g/mol. The molecule has 23 heavy (non-hydrogen) atoms. The largest absolute Gasteiger partial charge is 0.497 e. The lowest BCUT2D eigenvalue weighted by atomic mass is 10.3. The highest BCUT2D eigenvalue weighted by molar-refractivity contribution is 5.56. The van der Waals surface area contributed by atoms with E-state index in [-0.39, 0.29) is 5.82 Å². The average molecular weight is 312 g/mol. The first-order chi connectivity index (χ1) is 11.3. The Bertz CT molecular complexity index is 707. The van der Waals surface area contributed by atoms with E-state index in [0.29, 0.717) is 38.2 Å². The molecule has 8 heteroatoms. The summed E-state index contributed by atoms with van der Waals surface area (Å²) in [6, 6.07) is 9.33. The minimum atomic E-state index is 0.0810. The Labute approximate surface area is 133 Å². The second kappa shape index (κ2) is 6.89. The summed E-state index contributed by atoms with van der Waals surface area (Å²) in [6.45, 7) is 2.62. The van der Waals surface area contributed by atoms with Crippen molar-refractivity contribution in [1.29, 1.82) is 5.26 Å². The van der Waals surface area contributed by atoms with Crippen LogP contribution in [0.4, 0.5) is 17.6 Å². The maximum absolute atomic E-state index is 9.13. The van der Waals surface area contributed by atoms with Crippen LogP contribution in [0.3, 0.4) is 0 Å². The summed E-state index contributed by atoms with van der Waals surface area (Å²) in [5, 5.41) is 12.2. The molecule has 1 aliphatic rings. The van der Waals surface area contributed by atoms with Crippen molar-refractivity contribution in [3.8, 4) is 11.8 Å². The number of hydrogen-bond acceptors (Lipinski definition) is 8. The van der Waals surface area contributed by atoms with E-state index in [1.54, 1.807) is 7.11 Å². The van der Waals surface area contributed by atoms with Crippen molar-refractivity contribution in [2.24, 2.45) is 0 Å². The quantitative estimate of drug-likeness (QED) is 0.903. The number of benzene rings is 1. The summed E-state index contributed by atoms with van der Waals surface area (Å²) in [6.07, 6.45) is 0. The minimum Gasteiger partial charge on any atom is -0.497 e. The van der Waals surface area contributed by atoms with Crippen LogP contribution in [-0.4, -0.2) is 48.4 Å². The zero-order valence-corrected chi connectivity index (χ0v) is 12.7. The fourth-order valence-electron chi connectivity index (χ4n) is 2.18. The van der Waals surface area contributed by atoms with Crippen molar-refractivity contribution in [1.82, 2.24) is 15.0 Å². The van der Waals surface area contributed by atoms with Gasteiger partial charge >= 0.3 is 0 Å². The van der Waals surface area contributed by atoms with Gasteiger partial charge in [0.05, 0.1) is 20.3 Å². The van der Waals surface area contributed by atoms with Gasteiger partial charge in [-0.05, 0) is 24.3 Å². The van der Waals surface area contributed by atoms with Crippen molar-refractivity contribution >= 4 is 17.6 Å². The first kappa shape index (κ1) is 15.0. The van der Waals surface area contributed by atoms with Gasteiger partial charge in [0, 0.05) is 18.8 Å². The van der Waals surface area contributed by atoms with Gasteiger partial charge in [-0.3, -0.25) is 0 Å². The molecule has 0 amide bonds. The number of nitrogens with zero attached hydrogens (tertiary/aromatic N) is 5. The van der Waals surface area contributed by atoms with Gasteiger partial charge in [-0.25, -0.2) is 0 Å². The highest BCUT2D eigenvalue weighted by Crippen LogP contribution is 2.19. The fraction of sp³-hybridized carbons (Fsp3) is 0.333. The third-order valence-corrected chi connectivity index (χ3v) is 3.36. The Kier molecular flexibility index (Phi) is 4.49. The lowest BCUT2D eigenvalue weighted by molar-refractivity contribution is 0.122.